The number of halogens is 1. The van der Waals surface area contributed by atoms with E-state index in [2.05, 4.69) is 15.9 Å². The van der Waals surface area contributed by atoms with Gasteiger partial charge in [0.15, 0.2) is 11.5 Å². The van der Waals surface area contributed by atoms with Crippen LogP contribution in [0.25, 0.3) is 0 Å². The van der Waals surface area contributed by atoms with Crippen LogP contribution in [0.1, 0.15) is 25.7 Å². The number of alkyl halides is 1. The average Bonchev–Trinajstić information content (AvgIpc) is 2.34. The number of para-hydroxylation sites is 2. The third-order valence-corrected chi connectivity index (χ3v) is 2.92. The fourth-order valence-corrected chi connectivity index (χ4v) is 1.87. The molecule has 3 heteroatoms. The summed E-state index contributed by atoms with van der Waals surface area (Å²) < 4.78 is 10.9. The summed E-state index contributed by atoms with van der Waals surface area (Å²) in [7, 11) is 1.66. The van der Waals surface area contributed by atoms with Crippen LogP contribution in [-0.4, -0.2) is 19.0 Å². The van der Waals surface area contributed by atoms with Crippen molar-refractivity contribution in [2.75, 3.05) is 19.0 Å². The van der Waals surface area contributed by atoms with Crippen LogP contribution in [0.2, 0.25) is 0 Å². The quantitative estimate of drug-likeness (QED) is 0.531. The maximum absolute atomic E-state index is 5.67. The summed E-state index contributed by atoms with van der Waals surface area (Å²) >= 11 is 3.43. The van der Waals surface area contributed by atoms with E-state index in [0.717, 1.165) is 29.9 Å². The molecule has 0 aromatic heterocycles. The number of hydrogen-bond donors (Lipinski definition) is 0. The van der Waals surface area contributed by atoms with E-state index in [1.807, 2.05) is 24.3 Å². The van der Waals surface area contributed by atoms with Crippen LogP contribution < -0.4 is 9.47 Å². The normalized spacial score (nSPS) is 10.1. The van der Waals surface area contributed by atoms with Gasteiger partial charge in [-0.05, 0) is 25.0 Å². The van der Waals surface area contributed by atoms with Crippen molar-refractivity contribution in [2.45, 2.75) is 25.7 Å². The molecular formula is C13H19BrO2. The molecule has 0 amide bonds. The molecule has 0 bridgehead atoms. The molecule has 1 aromatic carbocycles. The van der Waals surface area contributed by atoms with E-state index in [0.29, 0.717) is 0 Å². The van der Waals surface area contributed by atoms with Gasteiger partial charge >= 0.3 is 0 Å². The predicted molar refractivity (Wildman–Crippen MR) is 70.8 cm³/mol. The highest BCUT2D eigenvalue weighted by molar-refractivity contribution is 9.09. The molecule has 1 aromatic rings. The first-order chi connectivity index (χ1) is 7.88. The Morgan fingerprint density at radius 3 is 2.38 bits per heavy atom. The zero-order valence-corrected chi connectivity index (χ0v) is 11.3. The molecule has 0 aliphatic rings. The minimum absolute atomic E-state index is 0.767. The Kier molecular flexibility index (Phi) is 7.06. The first kappa shape index (κ1) is 13.4. The van der Waals surface area contributed by atoms with Crippen molar-refractivity contribution in [1.82, 2.24) is 0 Å². The molecule has 0 saturated carbocycles. The molecule has 0 aliphatic carbocycles. The molecule has 0 heterocycles. The Labute approximate surface area is 106 Å². The van der Waals surface area contributed by atoms with Gasteiger partial charge in [-0.2, -0.15) is 0 Å². The lowest BCUT2D eigenvalue weighted by atomic mass is 10.2. The number of hydrogen-bond acceptors (Lipinski definition) is 2. The van der Waals surface area contributed by atoms with Gasteiger partial charge in [0.05, 0.1) is 13.7 Å². The van der Waals surface area contributed by atoms with Crippen molar-refractivity contribution in [1.29, 1.82) is 0 Å². The van der Waals surface area contributed by atoms with Crippen LogP contribution in [0.5, 0.6) is 11.5 Å². The Morgan fingerprint density at radius 2 is 1.69 bits per heavy atom. The van der Waals surface area contributed by atoms with E-state index < -0.39 is 0 Å². The lowest BCUT2D eigenvalue weighted by Gasteiger charge is -2.09. The van der Waals surface area contributed by atoms with Crippen molar-refractivity contribution >= 4 is 15.9 Å². The summed E-state index contributed by atoms with van der Waals surface area (Å²) in [5, 5.41) is 1.10. The van der Waals surface area contributed by atoms with E-state index in [1.54, 1.807) is 7.11 Å². The Balaban J connectivity index is 2.21. The largest absolute Gasteiger partial charge is 0.493 e. The lowest BCUT2D eigenvalue weighted by Crippen LogP contribution is -1.99. The summed E-state index contributed by atoms with van der Waals surface area (Å²) in [5.41, 5.74) is 0. The molecule has 0 spiro atoms. The molecule has 0 saturated heterocycles. The molecule has 0 radical (unpaired) electrons. The van der Waals surface area contributed by atoms with Gasteiger partial charge in [0, 0.05) is 5.33 Å². The van der Waals surface area contributed by atoms with Crippen molar-refractivity contribution in [3.05, 3.63) is 24.3 Å². The zero-order chi connectivity index (χ0) is 11.6. The fraction of sp³-hybridized carbons (Fsp3) is 0.538. The van der Waals surface area contributed by atoms with Gasteiger partial charge in [0.2, 0.25) is 0 Å². The molecule has 0 N–H and O–H groups in total. The molecular weight excluding hydrogens is 268 g/mol. The SMILES string of the molecule is COc1ccccc1OCCCCCCBr. The summed E-state index contributed by atoms with van der Waals surface area (Å²) in [6, 6.07) is 7.77. The number of benzene rings is 1. The van der Waals surface area contributed by atoms with Crippen molar-refractivity contribution in [2.24, 2.45) is 0 Å². The van der Waals surface area contributed by atoms with Gasteiger partial charge in [-0.1, -0.05) is 40.9 Å². The number of ether oxygens (including phenoxy) is 2. The van der Waals surface area contributed by atoms with Gasteiger partial charge in [-0.25, -0.2) is 0 Å². The van der Waals surface area contributed by atoms with Gasteiger partial charge in [-0.3, -0.25) is 0 Å². The van der Waals surface area contributed by atoms with E-state index in [1.165, 1.54) is 19.3 Å². The monoisotopic (exact) mass is 286 g/mol. The van der Waals surface area contributed by atoms with Crippen molar-refractivity contribution < 1.29 is 9.47 Å². The highest BCUT2D eigenvalue weighted by Gasteiger charge is 2.01. The minimum atomic E-state index is 0.767. The fourth-order valence-electron chi connectivity index (χ4n) is 1.47. The van der Waals surface area contributed by atoms with E-state index >= 15 is 0 Å². The van der Waals surface area contributed by atoms with Crippen molar-refractivity contribution in [3.63, 3.8) is 0 Å². The maximum atomic E-state index is 5.67. The zero-order valence-electron chi connectivity index (χ0n) is 9.75. The number of methoxy groups -OCH3 is 1. The second-order valence-corrected chi connectivity index (χ2v) is 4.40. The van der Waals surface area contributed by atoms with E-state index in [-0.39, 0.29) is 0 Å². The van der Waals surface area contributed by atoms with Crippen molar-refractivity contribution in [3.8, 4) is 11.5 Å². The highest BCUT2D eigenvalue weighted by Crippen LogP contribution is 2.25. The predicted octanol–water partition coefficient (Wildman–Crippen LogP) is 4.03. The minimum Gasteiger partial charge on any atom is -0.493 e. The Morgan fingerprint density at radius 1 is 1.00 bits per heavy atom. The first-order valence-electron chi connectivity index (χ1n) is 5.70. The topological polar surface area (TPSA) is 18.5 Å². The second kappa shape index (κ2) is 8.45. The first-order valence-corrected chi connectivity index (χ1v) is 6.82. The summed E-state index contributed by atoms with van der Waals surface area (Å²) in [6.45, 7) is 0.767. The lowest BCUT2D eigenvalue weighted by molar-refractivity contribution is 0.285. The maximum Gasteiger partial charge on any atom is 0.161 e. The molecule has 1 rings (SSSR count). The molecule has 2 nitrogen and oxygen atoms in total. The van der Waals surface area contributed by atoms with Gasteiger partial charge in [-0.15, -0.1) is 0 Å². The highest BCUT2D eigenvalue weighted by atomic mass is 79.9. The molecule has 0 unspecified atom stereocenters. The Bertz CT molecular complexity index is 289. The smallest absolute Gasteiger partial charge is 0.161 e. The van der Waals surface area contributed by atoms with Gasteiger partial charge < -0.3 is 9.47 Å². The third-order valence-electron chi connectivity index (χ3n) is 2.35. The van der Waals surface area contributed by atoms with Crippen LogP contribution >= 0.6 is 15.9 Å². The van der Waals surface area contributed by atoms with Gasteiger partial charge in [0.1, 0.15) is 0 Å². The third kappa shape index (κ3) is 4.88. The molecule has 0 fully saturated rings. The molecule has 90 valence electrons. The summed E-state index contributed by atoms with van der Waals surface area (Å²) in [4.78, 5) is 0. The molecule has 16 heavy (non-hydrogen) atoms. The van der Waals surface area contributed by atoms with Crippen LogP contribution in [0.3, 0.4) is 0 Å². The standard InChI is InChI=1S/C13H19BrO2/c1-15-12-8-4-5-9-13(12)16-11-7-3-2-6-10-14/h4-5,8-9H,2-3,6-7,10-11H2,1H3. The second-order valence-electron chi connectivity index (χ2n) is 3.60. The number of rotatable bonds is 8. The molecule has 0 atom stereocenters. The van der Waals surface area contributed by atoms with Crippen LogP contribution in [0, 0.1) is 0 Å². The van der Waals surface area contributed by atoms with E-state index in [4.69, 9.17) is 9.47 Å². The van der Waals surface area contributed by atoms with Crippen LogP contribution in [0.15, 0.2) is 24.3 Å². The number of unbranched alkanes of at least 4 members (excludes halogenated alkanes) is 3. The summed E-state index contributed by atoms with van der Waals surface area (Å²) in [6.07, 6.45) is 4.83. The Hall–Kier alpha value is -0.700. The van der Waals surface area contributed by atoms with Crippen LogP contribution in [-0.2, 0) is 0 Å². The van der Waals surface area contributed by atoms with Gasteiger partial charge in [0.25, 0.3) is 0 Å². The summed E-state index contributed by atoms with van der Waals surface area (Å²) in [5.74, 6) is 1.65. The van der Waals surface area contributed by atoms with E-state index in [9.17, 15) is 0 Å². The average molecular weight is 287 g/mol. The molecule has 0 aliphatic heterocycles. The van der Waals surface area contributed by atoms with Crippen LogP contribution in [0.4, 0.5) is 0 Å².